The Hall–Kier alpha value is -3.88. The summed E-state index contributed by atoms with van der Waals surface area (Å²) in [6, 6.07) is 12.1. The lowest BCUT2D eigenvalue weighted by Crippen LogP contribution is -2.32. The van der Waals surface area contributed by atoms with Gasteiger partial charge in [0.25, 0.3) is 5.91 Å². The first-order valence-corrected chi connectivity index (χ1v) is 10.3. The number of carbonyl (C=O) groups is 3. The summed E-state index contributed by atoms with van der Waals surface area (Å²) in [5.74, 6) is -0.912. The molecule has 0 radical (unpaired) electrons. The maximum atomic E-state index is 12.1. The van der Waals surface area contributed by atoms with Gasteiger partial charge in [0.2, 0.25) is 0 Å². The van der Waals surface area contributed by atoms with E-state index in [1.807, 2.05) is 19.1 Å². The summed E-state index contributed by atoms with van der Waals surface area (Å²) in [4.78, 5) is 37.9. The van der Waals surface area contributed by atoms with Crippen LogP contribution in [0.5, 0.6) is 11.5 Å². The molecule has 0 bridgehead atoms. The van der Waals surface area contributed by atoms with Crippen LogP contribution in [0.15, 0.2) is 47.6 Å². The third-order valence-corrected chi connectivity index (χ3v) is 4.98. The number of aryl methyl sites for hydroxylation is 1. The minimum Gasteiger partial charge on any atom is -0.493 e. The number of amides is 3. The predicted octanol–water partition coefficient (Wildman–Crippen LogP) is 2.09. The first kappa shape index (κ1) is 22.8. The number of hydrazone groups is 1. The van der Waals surface area contributed by atoms with E-state index in [4.69, 9.17) is 9.47 Å². The molecule has 9 nitrogen and oxygen atoms in total. The van der Waals surface area contributed by atoms with Gasteiger partial charge < -0.3 is 19.7 Å². The van der Waals surface area contributed by atoms with Crippen LogP contribution in [0.25, 0.3) is 0 Å². The number of para-hydroxylation sites is 1. The molecule has 0 aromatic heterocycles. The maximum Gasteiger partial charge on any atom is 0.329 e. The van der Waals surface area contributed by atoms with Crippen LogP contribution in [-0.2, 0) is 14.4 Å². The minimum atomic E-state index is -0.892. The molecule has 0 atom stereocenters. The molecule has 1 aliphatic heterocycles. The van der Waals surface area contributed by atoms with Crippen molar-refractivity contribution in [2.24, 2.45) is 5.10 Å². The summed E-state index contributed by atoms with van der Waals surface area (Å²) >= 11 is 0. The zero-order valence-electron chi connectivity index (χ0n) is 18.1. The van der Waals surface area contributed by atoms with E-state index in [1.54, 1.807) is 35.2 Å². The quantitative estimate of drug-likeness (QED) is 0.391. The second-order valence-corrected chi connectivity index (χ2v) is 7.26. The molecule has 0 saturated carbocycles. The summed E-state index contributed by atoms with van der Waals surface area (Å²) in [5.41, 5.74) is 4.20. The third kappa shape index (κ3) is 6.07. The van der Waals surface area contributed by atoms with Crippen molar-refractivity contribution in [2.75, 3.05) is 32.1 Å². The number of methoxy groups -OCH3 is 1. The van der Waals surface area contributed by atoms with Crippen LogP contribution >= 0.6 is 0 Å². The van der Waals surface area contributed by atoms with Gasteiger partial charge >= 0.3 is 11.8 Å². The number of nitrogens with one attached hydrogen (secondary N) is 2. The largest absolute Gasteiger partial charge is 0.493 e. The molecule has 2 aromatic rings. The first-order chi connectivity index (χ1) is 15.5. The van der Waals surface area contributed by atoms with Crippen LogP contribution in [0, 0.1) is 6.92 Å². The number of anilines is 1. The molecule has 1 fully saturated rings. The topological polar surface area (TPSA) is 109 Å². The standard InChI is InChI=1S/C23H26N4O5/c1-16-7-3-4-8-18(16)25-22(29)23(30)26-24-14-17-9-10-19(20(13-17)31-2)32-15-21(28)27-11-5-6-12-27/h3-4,7-10,13-14H,5-6,11-12,15H2,1-2H3,(H,25,29)(H,26,30)/b24-14-. The molecule has 3 rings (SSSR count). The predicted molar refractivity (Wildman–Crippen MR) is 120 cm³/mol. The molecule has 0 unspecified atom stereocenters. The molecular formula is C23H26N4O5. The molecule has 3 amide bonds. The van der Waals surface area contributed by atoms with Gasteiger partial charge in [0.05, 0.1) is 13.3 Å². The van der Waals surface area contributed by atoms with Gasteiger partial charge in [-0.1, -0.05) is 18.2 Å². The minimum absolute atomic E-state index is 0.0538. The molecule has 0 aliphatic carbocycles. The van der Waals surface area contributed by atoms with Crippen LogP contribution in [0.3, 0.4) is 0 Å². The highest BCUT2D eigenvalue weighted by atomic mass is 16.5. The second-order valence-electron chi connectivity index (χ2n) is 7.26. The molecule has 1 aliphatic rings. The van der Waals surface area contributed by atoms with Gasteiger partial charge in [-0.15, -0.1) is 0 Å². The molecule has 168 valence electrons. The van der Waals surface area contributed by atoms with Crippen LogP contribution in [0.1, 0.15) is 24.0 Å². The van der Waals surface area contributed by atoms with Gasteiger partial charge in [0.1, 0.15) is 0 Å². The Morgan fingerprint density at radius 2 is 1.81 bits per heavy atom. The molecule has 1 heterocycles. The van der Waals surface area contributed by atoms with Crippen molar-refractivity contribution in [1.29, 1.82) is 0 Å². The van der Waals surface area contributed by atoms with E-state index in [-0.39, 0.29) is 12.5 Å². The third-order valence-electron chi connectivity index (χ3n) is 4.98. The molecule has 2 aromatic carbocycles. The highest BCUT2D eigenvalue weighted by Crippen LogP contribution is 2.27. The van der Waals surface area contributed by atoms with E-state index in [1.165, 1.54) is 13.3 Å². The van der Waals surface area contributed by atoms with Gasteiger partial charge in [-0.3, -0.25) is 14.4 Å². The summed E-state index contributed by atoms with van der Waals surface area (Å²) in [7, 11) is 1.49. The van der Waals surface area contributed by atoms with Crippen LogP contribution in [0.2, 0.25) is 0 Å². The molecular weight excluding hydrogens is 412 g/mol. The monoisotopic (exact) mass is 438 g/mol. The number of benzene rings is 2. The molecule has 32 heavy (non-hydrogen) atoms. The average molecular weight is 438 g/mol. The SMILES string of the molecule is COc1cc(/C=N\NC(=O)C(=O)Nc2ccccc2C)ccc1OCC(=O)N1CCCC1. The Labute approximate surface area is 186 Å². The number of nitrogens with zero attached hydrogens (tertiary/aromatic N) is 2. The van der Waals surface area contributed by atoms with Crippen molar-refractivity contribution in [2.45, 2.75) is 19.8 Å². The summed E-state index contributed by atoms with van der Waals surface area (Å²) in [6.07, 6.45) is 3.42. The zero-order valence-corrected chi connectivity index (χ0v) is 18.1. The van der Waals surface area contributed by atoms with Crippen molar-refractivity contribution < 1.29 is 23.9 Å². The van der Waals surface area contributed by atoms with Crippen molar-refractivity contribution in [3.63, 3.8) is 0 Å². The Bertz CT molecular complexity index is 1020. The lowest BCUT2D eigenvalue weighted by molar-refractivity contribution is -0.136. The van der Waals surface area contributed by atoms with Crippen LogP contribution in [-0.4, -0.2) is 55.6 Å². The van der Waals surface area contributed by atoms with Gasteiger partial charge in [-0.25, -0.2) is 5.43 Å². The second kappa shape index (κ2) is 10.9. The number of hydrogen-bond acceptors (Lipinski definition) is 6. The molecule has 1 saturated heterocycles. The highest BCUT2D eigenvalue weighted by molar-refractivity contribution is 6.39. The van der Waals surface area contributed by atoms with Crippen molar-refractivity contribution in [1.82, 2.24) is 10.3 Å². The zero-order chi connectivity index (χ0) is 22.9. The van der Waals surface area contributed by atoms with E-state index in [9.17, 15) is 14.4 Å². The van der Waals surface area contributed by atoms with E-state index in [2.05, 4.69) is 15.8 Å². The normalized spacial score (nSPS) is 13.1. The Morgan fingerprint density at radius 1 is 1.06 bits per heavy atom. The number of likely N-dealkylation sites (tertiary alicyclic amines) is 1. The fourth-order valence-corrected chi connectivity index (χ4v) is 3.19. The van der Waals surface area contributed by atoms with Crippen molar-refractivity contribution in [3.8, 4) is 11.5 Å². The fourth-order valence-electron chi connectivity index (χ4n) is 3.19. The van der Waals surface area contributed by atoms with Crippen LogP contribution < -0.4 is 20.2 Å². The van der Waals surface area contributed by atoms with Gasteiger partial charge in [-0.05, 0) is 55.2 Å². The number of carbonyl (C=O) groups excluding carboxylic acids is 3. The van der Waals surface area contributed by atoms with E-state index in [0.717, 1.165) is 31.5 Å². The van der Waals surface area contributed by atoms with E-state index < -0.39 is 11.8 Å². The Morgan fingerprint density at radius 3 is 2.53 bits per heavy atom. The Kier molecular flexibility index (Phi) is 7.80. The molecule has 2 N–H and O–H groups in total. The lowest BCUT2D eigenvalue weighted by atomic mass is 10.2. The summed E-state index contributed by atoms with van der Waals surface area (Å²) in [5, 5.41) is 6.35. The average Bonchev–Trinajstić information content (AvgIpc) is 3.34. The van der Waals surface area contributed by atoms with E-state index >= 15 is 0 Å². The number of rotatable bonds is 7. The van der Waals surface area contributed by atoms with E-state index in [0.29, 0.717) is 22.7 Å². The summed E-state index contributed by atoms with van der Waals surface area (Å²) in [6.45, 7) is 3.30. The van der Waals surface area contributed by atoms with Gasteiger partial charge in [-0.2, -0.15) is 5.10 Å². The highest BCUT2D eigenvalue weighted by Gasteiger charge is 2.19. The van der Waals surface area contributed by atoms with Crippen molar-refractivity contribution >= 4 is 29.6 Å². The van der Waals surface area contributed by atoms with Crippen molar-refractivity contribution in [3.05, 3.63) is 53.6 Å². The van der Waals surface area contributed by atoms with Gasteiger partial charge in [0.15, 0.2) is 18.1 Å². The van der Waals surface area contributed by atoms with Crippen LogP contribution in [0.4, 0.5) is 5.69 Å². The van der Waals surface area contributed by atoms with Gasteiger partial charge in [0, 0.05) is 18.8 Å². The number of ether oxygens (including phenoxy) is 2. The Balaban J connectivity index is 1.53. The fraction of sp³-hybridized carbons (Fsp3) is 0.304. The molecule has 9 heteroatoms. The lowest BCUT2D eigenvalue weighted by Gasteiger charge is -2.16. The first-order valence-electron chi connectivity index (χ1n) is 10.3. The number of hydrogen-bond donors (Lipinski definition) is 2. The maximum absolute atomic E-state index is 12.1. The summed E-state index contributed by atoms with van der Waals surface area (Å²) < 4.78 is 10.9. The molecule has 0 spiro atoms. The smallest absolute Gasteiger partial charge is 0.329 e.